The van der Waals surface area contributed by atoms with Crippen LogP contribution in [-0.4, -0.2) is 23.0 Å². The molecular formula is C14H18ClNO3. The third kappa shape index (κ3) is 4.91. The Labute approximate surface area is 117 Å². The van der Waals surface area contributed by atoms with Crippen LogP contribution in [0.2, 0.25) is 5.02 Å². The van der Waals surface area contributed by atoms with E-state index in [1.54, 1.807) is 6.92 Å². The van der Waals surface area contributed by atoms with Crippen LogP contribution in [0.4, 0.5) is 0 Å². The van der Waals surface area contributed by atoms with Crippen molar-refractivity contribution in [3.05, 3.63) is 34.3 Å². The van der Waals surface area contributed by atoms with Crippen LogP contribution in [0.3, 0.4) is 0 Å². The quantitative estimate of drug-likeness (QED) is 0.843. The minimum atomic E-state index is -1.01. The van der Waals surface area contributed by atoms with Crippen molar-refractivity contribution in [1.82, 2.24) is 5.32 Å². The van der Waals surface area contributed by atoms with Crippen LogP contribution in [0.1, 0.15) is 30.9 Å². The molecule has 0 radical (unpaired) electrons. The van der Waals surface area contributed by atoms with Gasteiger partial charge in [-0.2, -0.15) is 0 Å². The van der Waals surface area contributed by atoms with Gasteiger partial charge in [0.15, 0.2) is 0 Å². The lowest BCUT2D eigenvalue weighted by atomic mass is 10.1. The van der Waals surface area contributed by atoms with E-state index in [9.17, 15) is 9.59 Å². The van der Waals surface area contributed by atoms with Crippen LogP contribution in [-0.2, 0) is 16.0 Å². The summed E-state index contributed by atoms with van der Waals surface area (Å²) in [6.45, 7) is 3.64. The maximum atomic E-state index is 11.6. The van der Waals surface area contributed by atoms with E-state index in [1.165, 1.54) is 0 Å². The van der Waals surface area contributed by atoms with Gasteiger partial charge in [-0.3, -0.25) is 4.79 Å². The zero-order valence-electron chi connectivity index (χ0n) is 11.1. The smallest absolute Gasteiger partial charge is 0.326 e. The van der Waals surface area contributed by atoms with Crippen LogP contribution in [0.25, 0.3) is 0 Å². The average Bonchev–Trinajstić information content (AvgIpc) is 2.37. The van der Waals surface area contributed by atoms with Crippen LogP contribution in [0.5, 0.6) is 0 Å². The van der Waals surface area contributed by atoms with Crippen molar-refractivity contribution in [2.75, 3.05) is 0 Å². The highest BCUT2D eigenvalue weighted by Gasteiger charge is 2.17. The molecule has 0 aliphatic rings. The van der Waals surface area contributed by atoms with E-state index in [0.29, 0.717) is 17.9 Å². The summed E-state index contributed by atoms with van der Waals surface area (Å²) in [5.74, 6) is -1.26. The molecule has 0 bridgehead atoms. The number of aryl methyl sites for hydroxylation is 2. The Hall–Kier alpha value is -1.55. The molecule has 0 heterocycles. The predicted octanol–water partition coefficient (Wildman–Crippen LogP) is 2.56. The van der Waals surface area contributed by atoms with E-state index in [1.807, 2.05) is 25.1 Å². The number of aliphatic carboxylic acids is 1. The number of carboxylic acid groups (broad SMARTS) is 1. The molecule has 1 amide bonds. The Bertz CT molecular complexity index is 474. The molecule has 1 aromatic carbocycles. The van der Waals surface area contributed by atoms with Crippen molar-refractivity contribution < 1.29 is 14.7 Å². The highest BCUT2D eigenvalue weighted by Crippen LogP contribution is 2.17. The number of benzene rings is 1. The molecule has 0 aromatic heterocycles. The molecule has 0 aliphatic carbocycles. The zero-order chi connectivity index (χ0) is 14.4. The lowest BCUT2D eigenvalue weighted by Crippen LogP contribution is -2.40. The predicted molar refractivity (Wildman–Crippen MR) is 74.4 cm³/mol. The van der Waals surface area contributed by atoms with Gasteiger partial charge in [0.25, 0.3) is 0 Å². The molecule has 0 saturated carbocycles. The molecule has 104 valence electrons. The maximum absolute atomic E-state index is 11.6. The number of hydrogen-bond acceptors (Lipinski definition) is 2. The van der Waals surface area contributed by atoms with E-state index in [4.69, 9.17) is 16.7 Å². The first-order valence-corrected chi connectivity index (χ1v) is 6.59. The number of carboxylic acids is 1. The van der Waals surface area contributed by atoms with Gasteiger partial charge in [-0.05, 0) is 37.0 Å². The van der Waals surface area contributed by atoms with Crippen molar-refractivity contribution >= 4 is 23.5 Å². The molecule has 0 unspecified atom stereocenters. The summed E-state index contributed by atoms with van der Waals surface area (Å²) in [5.41, 5.74) is 1.96. The minimum Gasteiger partial charge on any atom is -0.480 e. The second-order valence-electron chi connectivity index (χ2n) is 4.45. The fraction of sp³-hybridized carbons (Fsp3) is 0.429. The van der Waals surface area contributed by atoms with Crippen LogP contribution >= 0.6 is 11.6 Å². The Morgan fingerprint density at radius 3 is 2.63 bits per heavy atom. The van der Waals surface area contributed by atoms with Gasteiger partial charge < -0.3 is 10.4 Å². The van der Waals surface area contributed by atoms with Crippen LogP contribution in [0.15, 0.2) is 18.2 Å². The Morgan fingerprint density at radius 1 is 1.42 bits per heavy atom. The van der Waals surface area contributed by atoms with E-state index >= 15 is 0 Å². The van der Waals surface area contributed by atoms with E-state index < -0.39 is 12.0 Å². The van der Waals surface area contributed by atoms with Gasteiger partial charge in [0.2, 0.25) is 5.91 Å². The summed E-state index contributed by atoms with van der Waals surface area (Å²) >= 11 is 6.00. The fourth-order valence-electron chi connectivity index (χ4n) is 1.65. The number of nitrogens with one attached hydrogen (secondary N) is 1. The van der Waals surface area contributed by atoms with E-state index in [0.717, 1.165) is 11.1 Å². The molecule has 1 aromatic rings. The first-order chi connectivity index (χ1) is 8.93. The summed E-state index contributed by atoms with van der Waals surface area (Å²) < 4.78 is 0. The third-order valence-corrected chi connectivity index (χ3v) is 3.33. The van der Waals surface area contributed by atoms with E-state index in [-0.39, 0.29) is 12.3 Å². The highest BCUT2D eigenvalue weighted by molar-refractivity contribution is 6.31. The first-order valence-electron chi connectivity index (χ1n) is 6.21. The fourth-order valence-corrected chi connectivity index (χ4v) is 1.86. The highest BCUT2D eigenvalue weighted by atomic mass is 35.5. The maximum Gasteiger partial charge on any atom is 0.326 e. The first kappa shape index (κ1) is 15.5. The van der Waals surface area contributed by atoms with Crippen molar-refractivity contribution in [1.29, 1.82) is 0 Å². The molecule has 4 nitrogen and oxygen atoms in total. The van der Waals surface area contributed by atoms with Gasteiger partial charge in [0, 0.05) is 11.4 Å². The Balaban J connectivity index is 2.49. The molecule has 1 rings (SSSR count). The largest absolute Gasteiger partial charge is 0.480 e. The van der Waals surface area contributed by atoms with Crippen molar-refractivity contribution in [3.8, 4) is 0 Å². The number of hydrogen-bond donors (Lipinski definition) is 2. The molecule has 0 aliphatic heterocycles. The number of carbonyl (C=O) groups is 2. The van der Waals surface area contributed by atoms with Gasteiger partial charge in [0.1, 0.15) is 6.04 Å². The SMILES string of the molecule is CC[C@H](NC(=O)CCc1ccc(C)c(Cl)c1)C(=O)O. The summed E-state index contributed by atoms with van der Waals surface area (Å²) in [6, 6.07) is 4.85. The van der Waals surface area contributed by atoms with Gasteiger partial charge in [0.05, 0.1) is 0 Å². The molecule has 0 spiro atoms. The summed E-state index contributed by atoms with van der Waals surface area (Å²) in [6.07, 6.45) is 1.17. The topological polar surface area (TPSA) is 66.4 Å². The Kier molecular flexibility index (Phi) is 5.83. The molecular weight excluding hydrogens is 266 g/mol. The minimum absolute atomic E-state index is 0.253. The molecule has 0 fully saturated rings. The monoisotopic (exact) mass is 283 g/mol. The van der Waals surface area contributed by atoms with Gasteiger partial charge in [-0.15, -0.1) is 0 Å². The van der Waals surface area contributed by atoms with Crippen molar-refractivity contribution in [2.24, 2.45) is 0 Å². The van der Waals surface area contributed by atoms with Crippen molar-refractivity contribution in [3.63, 3.8) is 0 Å². The molecule has 5 heteroatoms. The van der Waals surface area contributed by atoms with Gasteiger partial charge in [-0.1, -0.05) is 30.7 Å². The van der Waals surface area contributed by atoms with Crippen molar-refractivity contribution in [2.45, 2.75) is 39.2 Å². The normalized spacial score (nSPS) is 11.9. The number of amides is 1. The number of carbonyl (C=O) groups excluding carboxylic acids is 1. The summed E-state index contributed by atoms with van der Waals surface area (Å²) in [7, 11) is 0. The lowest BCUT2D eigenvalue weighted by molar-refractivity contribution is -0.141. The molecule has 1 atom stereocenters. The summed E-state index contributed by atoms with van der Waals surface area (Å²) in [5, 5.41) is 12.0. The van der Waals surface area contributed by atoms with E-state index in [2.05, 4.69) is 5.32 Å². The lowest BCUT2D eigenvalue weighted by Gasteiger charge is -2.12. The number of halogens is 1. The van der Waals surface area contributed by atoms with Crippen LogP contribution < -0.4 is 5.32 Å². The third-order valence-electron chi connectivity index (χ3n) is 2.92. The second kappa shape index (κ2) is 7.14. The van der Waals surface area contributed by atoms with Crippen LogP contribution in [0, 0.1) is 6.92 Å². The Morgan fingerprint density at radius 2 is 2.11 bits per heavy atom. The molecule has 0 saturated heterocycles. The zero-order valence-corrected chi connectivity index (χ0v) is 11.8. The van der Waals surface area contributed by atoms with Gasteiger partial charge >= 0.3 is 5.97 Å². The molecule has 19 heavy (non-hydrogen) atoms. The standard InChI is InChI=1S/C14H18ClNO3/c1-3-12(14(18)19)16-13(17)7-6-10-5-4-9(2)11(15)8-10/h4-5,8,12H,3,6-7H2,1-2H3,(H,16,17)(H,18,19)/t12-/m0/s1. The second-order valence-corrected chi connectivity index (χ2v) is 4.86. The molecule has 2 N–H and O–H groups in total. The van der Waals surface area contributed by atoms with Gasteiger partial charge in [-0.25, -0.2) is 4.79 Å². The summed E-state index contributed by atoms with van der Waals surface area (Å²) in [4.78, 5) is 22.4. The number of rotatable bonds is 6. The average molecular weight is 284 g/mol.